The predicted octanol–water partition coefficient (Wildman–Crippen LogP) is 15.4. The highest BCUT2D eigenvalue weighted by Gasteiger charge is 2.18. The lowest BCUT2D eigenvalue weighted by Crippen LogP contribution is -2.11. The van der Waals surface area contributed by atoms with Crippen LogP contribution in [0.1, 0.15) is 0 Å². The van der Waals surface area contributed by atoms with Gasteiger partial charge in [0.2, 0.25) is 0 Å². The molecule has 0 aliphatic rings. The van der Waals surface area contributed by atoms with Crippen LogP contribution in [0.4, 0.5) is 17.1 Å². The first-order chi connectivity index (χ1) is 27.7. The Balaban J connectivity index is 1.06. The average Bonchev–Trinajstić information content (AvgIpc) is 3.72. The number of benzene rings is 9. The molecule has 0 fully saturated rings. The van der Waals surface area contributed by atoms with Crippen molar-refractivity contribution in [1.82, 2.24) is 0 Å². The lowest BCUT2D eigenvalue weighted by atomic mass is 9.97. The molecule has 0 amide bonds. The van der Waals surface area contributed by atoms with Gasteiger partial charge < -0.3 is 9.32 Å². The van der Waals surface area contributed by atoms with E-state index in [0.29, 0.717) is 0 Å². The molecule has 10 rings (SSSR count). The van der Waals surface area contributed by atoms with Crippen molar-refractivity contribution in [3.8, 4) is 55.8 Å². The summed E-state index contributed by atoms with van der Waals surface area (Å²) in [5, 5.41) is 3.58. The lowest BCUT2D eigenvalue weighted by molar-refractivity contribution is 0.631. The van der Waals surface area contributed by atoms with E-state index in [1.165, 1.54) is 33.0 Å². The molecule has 0 N–H and O–H groups in total. The zero-order chi connectivity index (χ0) is 37.3. The number of rotatable bonds is 8. The van der Waals surface area contributed by atoms with Crippen molar-refractivity contribution >= 4 is 38.8 Å². The third kappa shape index (κ3) is 6.44. The molecule has 0 bridgehead atoms. The molecule has 0 aliphatic heterocycles. The minimum Gasteiger partial charge on any atom is -0.456 e. The fourth-order valence-corrected chi connectivity index (χ4v) is 7.79. The van der Waals surface area contributed by atoms with Gasteiger partial charge in [-0.15, -0.1) is 0 Å². The van der Waals surface area contributed by atoms with Crippen LogP contribution in [0.25, 0.3) is 77.6 Å². The van der Waals surface area contributed by atoms with Crippen molar-refractivity contribution in [2.45, 2.75) is 0 Å². The summed E-state index contributed by atoms with van der Waals surface area (Å²) in [6.45, 7) is 0. The monoisotopic (exact) mass is 715 g/mol. The van der Waals surface area contributed by atoms with Crippen molar-refractivity contribution in [3.63, 3.8) is 0 Å². The Labute approximate surface area is 327 Å². The molecule has 1 aromatic heterocycles. The Morgan fingerprint density at radius 1 is 0.286 bits per heavy atom. The van der Waals surface area contributed by atoms with E-state index < -0.39 is 0 Å². The third-order valence-electron chi connectivity index (χ3n) is 10.7. The van der Waals surface area contributed by atoms with Crippen LogP contribution in [-0.4, -0.2) is 0 Å². The lowest BCUT2D eigenvalue weighted by Gasteiger charge is -2.28. The van der Waals surface area contributed by atoms with Crippen LogP contribution < -0.4 is 4.90 Å². The summed E-state index contributed by atoms with van der Waals surface area (Å²) in [4.78, 5) is 2.39. The maximum atomic E-state index is 6.23. The summed E-state index contributed by atoms with van der Waals surface area (Å²) >= 11 is 0. The molecule has 1 heterocycles. The molecule has 0 saturated carbocycles. The van der Waals surface area contributed by atoms with Gasteiger partial charge in [-0.1, -0.05) is 170 Å². The summed E-state index contributed by atoms with van der Waals surface area (Å²) in [7, 11) is 0. The van der Waals surface area contributed by atoms with Gasteiger partial charge in [-0.2, -0.15) is 0 Å². The first-order valence-electron chi connectivity index (χ1n) is 19.1. The van der Waals surface area contributed by atoms with Gasteiger partial charge >= 0.3 is 0 Å². The van der Waals surface area contributed by atoms with E-state index >= 15 is 0 Å². The summed E-state index contributed by atoms with van der Waals surface area (Å²) in [6.07, 6.45) is 0. The van der Waals surface area contributed by atoms with Gasteiger partial charge in [-0.05, 0) is 104 Å². The molecule has 0 radical (unpaired) electrons. The van der Waals surface area contributed by atoms with E-state index in [2.05, 4.69) is 211 Å². The largest absolute Gasteiger partial charge is 0.456 e. The summed E-state index contributed by atoms with van der Waals surface area (Å²) in [6, 6.07) is 80.2. The zero-order valence-corrected chi connectivity index (χ0v) is 30.7. The Bertz CT molecular complexity index is 2930. The smallest absolute Gasteiger partial charge is 0.135 e. The summed E-state index contributed by atoms with van der Waals surface area (Å²) in [5.41, 5.74) is 14.6. The van der Waals surface area contributed by atoms with E-state index in [-0.39, 0.29) is 0 Å². The van der Waals surface area contributed by atoms with Gasteiger partial charge in [0.1, 0.15) is 11.3 Å². The Kier molecular flexibility index (Phi) is 8.55. The quantitative estimate of drug-likeness (QED) is 0.156. The van der Waals surface area contributed by atoms with Gasteiger partial charge in [0.15, 0.2) is 0 Å². The molecule has 0 unspecified atom stereocenters. The van der Waals surface area contributed by atoms with Crippen LogP contribution in [0.2, 0.25) is 0 Å². The van der Waals surface area contributed by atoms with E-state index in [1.807, 2.05) is 18.2 Å². The van der Waals surface area contributed by atoms with Crippen LogP contribution in [0.3, 0.4) is 0 Å². The van der Waals surface area contributed by atoms with Crippen molar-refractivity contribution in [3.05, 3.63) is 224 Å². The van der Waals surface area contributed by atoms with Crippen LogP contribution in [-0.2, 0) is 0 Å². The number of para-hydroxylation sites is 2. The number of nitrogens with zero attached hydrogens (tertiary/aromatic N) is 1. The Hall–Kier alpha value is -7.42. The maximum Gasteiger partial charge on any atom is 0.135 e. The van der Waals surface area contributed by atoms with Crippen LogP contribution >= 0.6 is 0 Å². The molecule has 0 spiro atoms. The second-order valence-corrected chi connectivity index (χ2v) is 14.2. The second kappa shape index (κ2) is 14.4. The number of hydrogen-bond donors (Lipinski definition) is 0. The molecule has 56 heavy (non-hydrogen) atoms. The van der Waals surface area contributed by atoms with Crippen molar-refractivity contribution < 1.29 is 4.42 Å². The van der Waals surface area contributed by atoms with Gasteiger partial charge in [0.05, 0.1) is 5.69 Å². The normalized spacial score (nSPS) is 11.2. The molecule has 2 nitrogen and oxygen atoms in total. The fraction of sp³-hybridized carbons (Fsp3) is 0. The van der Waals surface area contributed by atoms with Crippen molar-refractivity contribution in [1.29, 1.82) is 0 Å². The highest BCUT2D eigenvalue weighted by atomic mass is 16.3. The highest BCUT2D eigenvalue weighted by Crippen LogP contribution is 2.43. The van der Waals surface area contributed by atoms with Crippen LogP contribution in [0.5, 0.6) is 0 Å². The number of furan rings is 1. The first kappa shape index (κ1) is 33.2. The predicted molar refractivity (Wildman–Crippen MR) is 236 cm³/mol. The molecule has 264 valence electrons. The molecule has 9 aromatic carbocycles. The molecule has 10 aromatic rings. The summed E-state index contributed by atoms with van der Waals surface area (Å²) in [5.74, 6) is 0.871. The molecule has 0 atom stereocenters. The van der Waals surface area contributed by atoms with Crippen molar-refractivity contribution in [2.75, 3.05) is 4.90 Å². The third-order valence-corrected chi connectivity index (χ3v) is 10.7. The minimum atomic E-state index is 0.871. The maximum absolute atomic E-state index is 6.23. The fourth-order valence-electron chi connectivity index (χ4n) is 7.79. The standard InChI is InChI=1S/C54H37NO/c1-2-12-38(13-3-1)40-24-27-42(28-25-40)51-21-7-8-22-52(51)55(50-20-11-18-45(36-50)46-29-26-39-14-4-5-15-43(39)34-46)49-32-30-41(31-33-49)44-17-10-19-47(35-44)54-37-48-16-6-9-23-53(48)56-54/h1-37H. The molecule has 2 heteroatoms. The van der Waals surface area contributed by atoms with Gasteiger partial charge in [-0.3, -0.25) is 0 Å². The zero-order valence-electron chi connectivity index (χ0n) is 30.7. The first-order valence-corrected chi connectivity index (χ1v) is 19.1. The van der Waals surface area contributed by atoms with Gasteiger partial charge in [-0.25, -0.2) is 0 Å². The molecular weight excluding hydrogens is 679 g/mol. The van der Waals surface area contributed by atoms with E-state index in [0.717, 1.165) is 61.6 Å². The second-order valence-electron chi connectivity index (χ2n) is 14.2. The van der Waals surface area contributed by atoms with Gasteiger partial charge in [0, 0.05) is 27.9 Å². The highest BCUT2D eigenvalue weighted by molar-refractivity contribution is 5.92. The Morgan fingerprint density at radius 2 is 0.839 bits per heavy atom. The Morgan fingerprint density at radius 3 is 1.66 bits per heavy atom. The minimum absolute atomic E-state index is 0.871. The topological polar surface area (TPSA) is 16.4 Å². The molecule has 0 aliphatic carbocycles. The number of anilines is 3. The number of hydrogen-bond acceptors (Lipinski definition) is 2. The average molecular weight is 716 g/mol. The number of fused-ring (bicyclic) bond motifs is 2. The van der Waals surface area contributed by atoms with Gasteiger partial charge in [0.25, 0.3) is 0 Å². The van der Waals surface area contributed by atoms with Crippen molar-refractivity contribution in [2.24, 2.45) is 0 Å². The summed E-state index contributed by atoms with van der Waals surface area (Å²) < 4.78 is 6.23. The van der Waals surface area contributed by atoms with Crippen LogP contribution in [0, 0.1) is 0 Å². The van der Waals surface area contributed by atoms with Crippen LogP contribution in [0.15, 0.2) is 229 Å². The van der Waals surface area contributed by atoms with E-state index in [1.54, 1.807) is 0 Å². The van der Waals surface area contributed by atoms with E-state index in [9.17, 15) is 0 Å². The molecule has 0 saturated heterocycles. The van der Waals surface area contributed by atoms with E-state index in [4.69, 9.17) is 4.42 Å². The molecular formula is C54H37NO. The SMILES string of the molecule is c1ccc(-c2ccc(-c3ccccc3N(c3ccc(-c4cccc(-c5cc6ccccc6o5)c4)cc3)c3cccc(-c4ccc5ccccc5c4)c3)cc2)cc1.